The second kappa shape index (κ2) is 13.0. The number of nitrogens with one attached hydrogen (secondary N) is 1. The standard InChI is InChI=1S/C29H31NO8/c1-33-23-14-19(15-24(34-2)28(23)37-5)8-7-18-9-11-22(31)21(13-18)30-27(32)12-10-20-16-25(35-3)29(38-6)26(17-20)36-4/h7-17,31H,1-6H3,(H,30,32)/b8-7?,12-10+. The lowest BCUT2D eigenvalue weighted by molar-refractivity contribution is -0.111. The van der Waals surface area contributed by atoms with Gasteiger partial charge in [0.05, 0.1) is 48.3 Å². The number of phenols is 1. The first-order valence-electron chi connectivity index (χ1n) is 11.5. The fraction of sp³-hybridized carbons (Fsp3) is 0.207. The van der Waals surface area contributed by atoms with Crippen molar-refractivity contribution in [1.29, 1.82) is 0 Å². The van der Waals surface area contributed by atoms with Gasteiger partial charge in [-0.1, -0.05) is 18.2 Å². The number of hydrogen-bond donors (Lipinski definition) is 2. The van der Waals surface area contributed by atoms with Crippen LogP contribution in [-0.4, -0.2) is 53.7 Å². The summed E-state index contributed by atoms with van der Waals surface area (Å²) >= 11 is 0. The molecule has 0 aliphatic carbocycles. The number of amides is 1. The molecular weight excluding hydrogens is 490 g/mol. The predicted molar refractivity (Wildman–Crippen MR) is 147 cm³/mol. The number of ether oxygens (including phenoxy) is 6. The minimum atomic E-state index is -0.431. The Labute approximate surface area is 221 Å². The number of methoxy groups -OCH3 is 6. The minimum Gasteiger partial charge on any atom is -0.506 e. The molecule has 0 unspecified atom stereocenters. The van der Waals surface area contributed by atoms with E-state index >= 15 is 0 Å². The third-order valence-electron chi connectivity index (χ3n) is 5.55. The minimum absolute atomic E-state index is 0.0653. The number of hydrogen-bond acceptors (Lipinski definition) is 8. The lowest BCUT2D eigenvalue weighted by Crippen LogP contribution is -2.08. The molecule has 1 amide bonds. The van der Waals surface area contributed by atoms with E-state index in [0.29, 0.717) is 40.1 Å². The molecule has 200 valence electrons. The van der Waals surface area contributed by atoms with E-state index in [1.54, 1.807) is 51.7 Å². The highest BCUT2D eigenvalue weighted by Crippen LogP contribution is 2.39. The van der Waals surface area contributed by atoms with Gasteiger partial charge in [0, 0.05) is 6.08 Å². The van der Waals surface area contributed by atoms with Crippen molar-refractivity contribution in [3.63, 3.8) is 0 Å². The van der Waals surface area contributed by atoms with E-state index in [1.165, 1.54) is 33.5 Å². The van der Waals surface area contributed by atoms with Crippen LogP contribution in [0.3, 0.4) is 0 Å². The average molecular weight is 522 g/mol. The second-order valence-corrected chi connectivity index (χ2v) is 7.85. The zero-order chi connectivity index (χ0) is 27.7. The number of phenolic OH excluding ortho intramolecular Hbond substituents is 1. The van der Waals surface area contributed by atoms with Crippen LogP contribution in [0.15, 0.2) is 48.5 Å². The van der Waals surface area contributed by atoms with Gasteiger partial charge in [0.1, 0.15) is 5.75 Å². The third kappa shape index (κ3) is 6.50. The van der Waals surface area contributed by atoms with Crippen LogP contribution in [0.4, 0.5) is 5.69 Å². The van der Waals surface area contributed by atoms with E-state index in [0.717, 1.165) is 11.1 Å². The van der Waals surface area contributed by atoms with Crippen LogP contribution in [-0.2, 0) is 4.79 Å². The number of anilines is 1. The SMILES string of the molecule is COc1cc(C=Cc2ccc(O)c(NC(=O)/C=C/c3cc(OC)c(OC)c(OC)c3)c2)cc(OC)c1OC. The van der Waals surface area contributed by atoms with Crippen LogP contribution in [0, 0.1) is 0 Å². The van der Waals surface area contributed by atoms with Crippen molar-refractivity contribution >= 4 is 29.8 Å². The molecule has 2 N–H and O–H groups in total. The van der Waals surface area contributed by atoms with Gasteiger partial charge >= 0.3 is 0 Å². The van der Waals surface area contributed by atoms with E-state index in [-0.39, 0.29) is 11.4 Å². The lowest BCUT2D eigenvalue weighted by Gasteiger charge is -2.13. The quantitative estimate of drug-likeness (QED) is 0.200. The van der Waals surface area contributed by atoms with Crippen LogP contribution < -0.4 is 33.7 Å². The van der Waals surface area contributed by atoms with Gasteiger partial charge in [-0.05, 0) is 59.2 Å². The average Bonchev–Trinajstić information content (AvgIpc) is 2.94. The first-order chi connectivity index (χ1) is 18.4. The highest BCUT2D eigenvalue weighted by molar-refractivity contribution is 6.03. The molecular formula is C29H31NO8. The van der Waals surface area contributed by atoms with E-state index in [2.05, 4.69) is 5.32 Å². The molecule has 0 radical (unpaired) electrons. The maximum atomic E-state index is 12.6. The predicted octanol–water partition coefficient (Wildman–Crippen LogP) is 5.27. The molecule has 0 heterocycles. The molecule has 9 nitrogen and oxygen atoms in total. The molecule has 0 spiro atoms. The molecule has 3 aromatic carbocycles. The Morgan fingerprint density at radius 2 is 1.08 bits per heavy atom. The van der Waals surface area contributed by atoms with Gasteiger partial charge in [0.25, 0.3) is 0 Å². The Morgan fingerprint density at radius 1 is 0.632 bits per heavy atom. The van der Waals surface area contributed by atoms with Crippen molar-refractivity contribution < 1.29 is 38.3 Å². The van der Waals surface area contributed by atoms with Gasteiger partial charge in [-0.2, -0.15) is 0 Å². The lowest BCUT2D eigenvalue weighted by atomic mass is 10.1. The molecule has 0 bridgehead atoms. The first-order valence-corrected chi connectivity index (χ1v) is 11.5. The molecule has 38 heavy (non-hydrogen) atoms. The van der Waals surface area contributed by atoms with Gasteiger partial charge in [-0.3, -0.25) is 4.79 Å². The molecule has 0 saturated heterocycles. The summed E-state index contributed by atoms with van der Waals surface area (Å²) in [6.07, 6.45) is 6.64. The van der Waals surface area contributed by atoms with Crippen molar-refractivity contribution in [2.75, 3.05) is 48.0 Å². The van der Waals surface area contributed by atoms with Crippen molar-refractivity contribution in [2.45, 2.75) is 0 Å². The van der Waals surface area contributed by atoms with E-state index < -0.39 is 5.91 Å². The van der Waals surface area contributed by atoms with Crippen LogP contribution in [0.5, 0.6) is 40.2 Å². The Bertz CT molecular complexity index is 1300. The maximum absolute atomic E-state index is 12.6. The third-order valence-corrected chi connectivity index (χ3v) is 5.55. The summed E-state index contributed by atoms with van der Waals surface area (Å²) in [6, 6.07) is 12.0. The van der Waals surface area contributed by atoms with Gasteiger partial charge in [0.15, 0.2) is 23.0 Å². The Morgan fingerprint density at radius 3 is 1.53 bits per heavy atom. The Kier molecular flexibility index (Phi) is 9.48. The number of benzene rings is 3. The van der Waals surface area contributed by atoms with Gasteiger partial charge in [-0.25, -0.2) is 0 Å². The van der Waals surface area contributed by atoms with Crippen LogP contribution in [0.25, 0.3) is 18.2 Å². The molecule has 0 aliphatic rings. The second-order valence-electron chi connectivity index (χ2n) is 7.85. The summed E-state index contributed by atoms with van der Waals surface area (Å²) in [4.78, 5) is 12.6. The number of aromatic hydroxyl groups is 1. The van der Waals surface area contributed by atoms with E-state index in [9.17, 15) is 9.90 Å². The van der Waals surface area contributed by atoms with Crippen molar-refractivity contribution in [3.8, 4) is 40.2 Å². The number of carbonyl (C=O) groups excluding carboxylic acids is 1. The van der Waals surface area contributed by atoms with Crippen molar-refractivity contribution in [2.24, 2.45) is 0 Å². The van der Waals surface area contributed by atoms with Gasteiger partial charge in [0.2, 0.25) is 17.4 Å². The molecule has 3 aromatic rings. The largest absolute Gasteiger partial charge is 0.506 e. The normalized spacial score (nSPS) is 10.9. The van der Waals surface area contributed by atoms with Crippen LogP contribution in [0.1, 0.15) is 16.7 Å². The van der Waals surface area contributed by atoms with Crippen molar-refractivity contribution in [1.82, 2.24) is 0 Å². The molecule has 3 rings (SSSR count). The van der Waals surface area contributed by atoms with Crippen LogP contribution >= 0.6 is 0 Å². The maximum Gasteiger partial charge on any atom is 0.248 e. The zero-order valence-electron chi connectivity index (χ0n) is 22.2. The Hall–Kier alpha value is -4.79. The zero-order valence-corrected chi connectivity index (χ0v) is 22.2. The first kappa shape index (κ1) is 27.8. The Balaban J connectivity index is 1.79. The highest BCUT2D eigenvalue weighted by Gasteiger charge is 2.13. The molecule has 0 fully saturated rings. The van der Waals surface area contributed by atoms with E-state index in [4.69, 9.17) is 28.4 Å². The number of rotatable bonds is 11. The molecule has 0 saturated carbocycles. The molecule has 0 aliphatic heterocycles. The topological polar surface area (TPSA) is 105 Å². The summed E-state index contributed by atoms with van der Waals surface area (Å²) in [5.41, 5.74) is 2.49. The molecule has 9 heteroatoms. The molecule has 0 aromatic heterocycles. The van der Waals surface area contributed by atoms with Gasteiger partial charge < -0.3 is 38.8 Å². The highest BCUT2D eigenvalue weighted by atomic mass is 16.5. The summed E-state index contributed by atoms with van der Waals surface area (Å²) in [5, 5.41) is 13.0. The van der Waals surface area contributed by atoms with E-state index in [1.807, 2.05) is 24.3 Å². The van der Waals surface area contributed by atoms with Crippen LogP contribution in [0.2, 0.25) is 0 Å². The number of carbonyl (C=O) groups is 1. The summed E-state index contributed by atoms with van der Waals surface area (Å²) in [5.74, 6) is 2.46. The summed E-state index contributed by atoms with van der Waals surface area (Å²) in [6.45, 7) is 0. The van der Waals surface area contributed by atoms with Gasteiger partial charge in [-0.15, -0.1) is 0 Å². The fourth-order valence-corrected chi connectivity index (χ4v) is 3.69. The summed E-state index contributed by atoms with van der Waals surface area (Å²) in [7, 11) is 9.20. The summed E-state index contributed by atoms with van der Waals surface area (Å²) < 4.78 is 32.2. The molecule has 0 atom stereocenters. The fourth-order valence-electron chi connectivity index (χ4n) is 3.69. The van der Waals surface area contributed by atoms with Crippen molar-refractivity contribution in [3.05, 3.63) is 65.2 Å². The monoisotopic (exact) mass is 521 g/mol. The smallest absolute Gasteiger partial charge is 0.248 e.